The zero-order chi connectivity index (χ0) is 10.5. The van der Waals surface area contributed by atoms with Crippen LogP contribution < -0.4 is 0 Å². The largest absolute Gasteiger partial charge is 0.299 e. The lowest BCUT2D eigenvalue weighted by molar-refractivity contribution is 0.255. The third kappa shape index (κ3) is 2.90. The summed E-state index contributed by atoms with van der Waals surface area (Å²) in [6.07, 6.45) is 7.75. The topological polar surface area (TPSA) is 16.1 Å². The highest BCUT2D eigenvalue weighted by Gasteiger charge is 2.11. The van der Waals surface area contributed by atoms with E-state index in [0.29, 0.717) is 0 Å². The Bertz CT molecular complexity index is 313. The Morgan fingerprint density at radius 1 is 1.33 bits per heavy atom. The molecule has 0 amide bonds. The van der Waals surface area contributed by atoms with Gasteiger partial charge in [-0.3, -0.25) is 9.88 Å². The van der Waals surface area contributed by atoms with Gasteiger partial charge in [-0.15, -0.1) is 0 Å². The molecular weight excluding hydrogens is 184 g/mol. The first kappa shape index (κ1) is 10.4. The normalized spacial score (nSPS) is 17.6. The minimum absolute atomic E-state index is 0.992. The highest BCUT2D eigenvalue weighted by atomic mass is 15.1. The van der Waals surface area contributed by atoms with Crippen molar-refractivity contribution in [2.45, 2.75) is 19.3 Å². The number of rotatable bonds is 3. The maximum Gasteiger partial charge on any atom is 0.0343 e. The van der Waals surface area contributed by atoms with E-state index in [1.54, 1.807) is 6.20 Å². The van der Waals surface area contributed by atoms with Gasteiger partial charge in [-0.1, -0.05) is 19.1 Å². The van der Waals surface area contributed by atoms with E-state index in [2.05, 4.69) is 22.5 Å². The molecule has 1 aromatic heterocycles. The molecule has 2 rings (SSSR count). The number of likely N-dealkylation sites (tertiary alicyclic amines) is 1. The number of aromatic nitrogens is 1. The zero-order valence-electron chi connectivity index (χ0n) is 9.15. The van der Waals surface area contributed by atoms with Crippen molar-refractivity contribution in [1.29, 1.82) is 0 Å². The number of piperidine rings is 1. The lowest BCUT2D eigenvalue weighted by Crippen LogP contribution is -2.30. The third-order valence-corrected chi connectivity index (χ3v) is 2.93. The molecule has 0 N–H and O–H groups in total. The van der Waals surface area contributed by atoms with Crippen molar-refractivity contribution in [3.8, 4) is 0 Å². The monoisotopic (exact) mass is 202 g/mol. The summed E-state index contributed by atoms with van der Waals surface area (Å²) in [5.74, 6) is 0. The van der Waals surface area contributed by atoms with Crippen LogP contribution in [0.15, 0.2) is 31.1 Å². The molecule has 0 spiro atoms. The van der Waals surface area contributed by atoms with Crippen LogP contribution in [0.5, 0.6) is 0 Å². The summed E-state index contributed by atoms with van der Waals surface area (Å²) in [4.78, 5) is 6.60. The first-order valence-corrected chi connectivity index (χ1v) is 5.67. The Labute approximate surface area is 91.6 Å². The molecule has 1 fully saturated rings. The summed E-state index contributed by atoms with van der Waals surface area (Å²) in [6, 6.07) is 4.05. The highest BCUT2D eigenvalue weighted by Crippen LogP contribution is 2.15. The van der Waals surface area contributed by atoms with E-state index < -0.39 is 0 Å². The van der Waals surface area contributed by atoms with Crippen LogP contribution >= 0.6 is 0 Å². The summed E-state index contributed by atoms with van der Waals surface area (Å²) >= 11 is 0. The Morgan fingerprint density at radius 2 is 2.13 bits per heavy atom. The summed E-state index contributed by atoms with van der Waals surface area (Å²) in [5, 5.41) is 0. The van der Waals surface area contributed by atoms with E-state index in [1.807, 2.05) is 12.3 Å². The van der Waals surface area contributed by atoms with Gasteiger partial charge >= 0.3 is 0 Å². The molecule has 0 unspecified atom stereocenters. The molecule has 0 aromatic carbocycles. The van der Waals surface area contributed by atoms with E-state index >= 15 is 0 Å². The molecule has 80 valence electrons. The predicted octanol–water partition coefficient (Wildman–Crippen LogP) is 2.58. The molecule has 15 heavy (non-hydrogen) atoms. The quantitative estimate of drug-likeness (QED) is 0.749. The molecule has 1 aromatic rings. The van der Waals surface area contributed by atoms with Gasteiger partial charge in [0.1, 0.15) is 0 Å². The number of hydrogen-bond donors (Lipinski definition) is 0. The fourth-order valence-corrected chi connectivity index (χ4v) is 2.05. The second kappa shape index (κ2) is 5.08. The average Bonchev–Trinajstić information content (AvgIpc) is 2.31. The summed E-state index contributed by atoms with van der Waals surface area (Å²) in [7, 11) is 0. The molecule has 2 nitrogen and oxygen atoms in total. The van der Waals surface area contributed by atoms with Crippen LogP contribution in [0.4, 0.5) is 0 Å². The van der Waals surface area contributed by atoms with E-state index in [-0.39, 0.29) is 0 Å². The van der Waals surface area contributed by atoms with Gasteiger partial charge in [0, 0.05) is 18.9 Å². The van der Waals surface area contributed by atoms with E-state index in [9.17, 15) is 0 Å². The number of nitrogens with zero attached hydrogens (tertiary/aromatic N) is 2. The second-order valence-electron chi connectivity index (χ2n) is 4.18. The van der Waals surface area contributed by atoms with Crippen LogP contribution in [-0.4, -0.2) is 29.5 Å². The van der Waals surface area contributed by atoms with Crippen LogP contribution in [0.25, 0.3) is 5.57 Å². The Hall–Kier alpha value is -1.15. The van der Waals surface area contributed by atoms with Crippen molar-refractivity contribution in [2.24, 2.45) is 0 Å². The van der Waals surface area contributed by atoms with Crippen molar-refractivity contribution in [2.75, 3.05) is 19.6 Å². The van der Waals surface area contributed by atoms with E-state index in [4.69, 9.17) is 0 Å². The van der Waals surface area contributed by atoms with Gasteiger partial charge in [0.25, 0.3) is 0 Å². The minimum Gasteiger partial charge on any atom is -0.299 e. The van der Waals surface area contributed by atoms with Gasteiger partial charge in [0.15, 0.2) is 0 Å². The molecule has 0 bridgehead atoms. The molecule has 1 aliphatic rings. The molecule has 0 aliphatic carbocycles. The van der Waals surface area contributed by atoms with Crippen LogP contribution in [-0.2, 0) is 0 Å². The lowest BCUT2D eigenvalue weighted by Gasteiger charge is -2.27. The average molecular weight is 202 g/mol. The van der Waals surface area contributed by atoms with Crippen molar-refractivity contribution < 1.29 is 0 Å². The van der Waals surface area contributed by atoms with Gasteiger partial charge in [0.2, 0.25) is 0 Å². The molecule has 1 aliphatic heterocycles. The van der Waals surface area contributed by atoms with Crippen LogP contribution in [0.3, 0.4) is 0 Å². The maximum absolute atomic E-state index is 4.14. The third-order valence-electron chi connectivity index (χ3n) is 2.93. The SMILES string of the molecule is C=C(CN1CCCCC1)c1cccnc1. The summed E-state index contributed by atoms with van der Waals surface area (Å²) in [5.41, 5.74) is 2.35. The highest BCUT2D eigenvalue weighted by molar-refractivity contribution is 5.63. The van der Waals surface area contributed by atoms with Crippen molar-refractivity contribution in [1.82, 2.24) is 9.88 Å². The van der Waals surface area contributed by atoms with Gasteiger partial charge in [-0.25, -0.2) is 0 Å². The van der Waals surface area contributed by atoms with Crippen LogP contribution in [0, 0.1) is 0 Å². The van der Waals surface area contributed by atoms with Gasteiger partial charge in [-0.2, -0.15) is 0 Å². The number of hydrogen-bond acceptors (Lipinski definition) is 2. The van der Waals surface area contributed by atoms with Gasteiger partial charge < -0.3 is 0 Å². The summed E-state index contributed by atoms with van der Waals surface area (Å²) < 4.78 is 0. The Balaban J connectivity index is 1.91. The van der Waals surface area contributed by atoms with E-state index in [1.165, 1.54) is 43.5 Å². The Kier molecular flexibility index (Phi) is 3.51. The molecule has 0 saturated carbocycles. The maximum atomic E-state index is 4.14. The molecule has 2 heterocycles. The first-order valence-electron chi connectivity index (χ1n) is 5.67. The van der Waals surface area contributed by atoms with Gasteiger partial charge in [0.05, 0.1) is 0 Å². The molecule has 2 heteroatoms. The fourth-order valence-electron chi connectivity index (χ4n) is 2.05. The number of pyridine rings is 1. The van der Waals surface area contributed by atoms with Crippen molar-refractivity contribution >= 4 is 5.57 Å². The van der Waals surface area contributed by atoms with Crippen LogP contribution in [0.2, 0.25) is 0 Å². The lowest BCUT2D eigenvalue weighted by atomic mass is 10.1. The standard InChI is InChI=1S/C13H18N2/c1-12(13-6-5-7-14-10-13)11-15-8-3-2-4-9-15/h5-7,10H,1-4,8-9,11H2. The van der Waals surface area contributed by atoms with Crippen molar-refractivity contribution in [3.63, 3.8) is 0 Å². The van der Waals surface area contributed by atoms with Crippen LogP contribution in [0.1, 0.15) is 24.8 Å². The van der Waals surface area contributed by atoms with Crippen molar-refractivity contribution in [3.05, 3.63) is 36.7 Å². The predicted molar refractivity (Wildman–Crippen MR) is 63.6 cm³/mol. The van der Waals surface area contributed by atoms with Gasteiger partial charge in [-0.05, 0) is 43.1 Å². The second-order valence-corrected chi connectivity index (χ2v) is 4.18. The minimum atomic E-state index is 0.992. The molecule has 0 atom stereocenters. The zero-order valence-corrected chi connectivity index (χ0v) is 9.15. The molecular formula is C13H18N2. The smallest absolute Gasteiger partial charge is 0.0343 e. The molecule has 1 saturated heterocycles. The Morgan fingerprint density at radius 3 is 2.80 bits per heavy atom. The van der Waals surface area contributed by atoms with E-state index in [0.717, 1.165) is 6.54 Å². The fraction of sp³-hybridized carbons (Fsp3) is 0.462. The summed E-state index contributed by atoms with van der Waals surface area (Å²) in [6.45, 7) is 7.57. The molecule has 0 radical (unpaired) electrons. The first-order chi connectivity index (χ1) is 7.36.